The van der Waals surface area contributed by atoms with Gasteiger partial charge in [0.1, 0.15) is 5.82 Å². The van der Waals surface area contributed by atoms with Crippen molar-refractivity contribution in [3.63, 3.8) is 0 Å². The predicted octanol–water partition coefficient (Wildman–Crippen LogP) is 4.13. The second kappa shape index (κ2) is 7.84. The number of likely N-dealkylation sites (tertiary alicyclic amines) is 1. The van der Waals surface area contributed by atoms with Crippen molar-refractivity contribution in [1.29, 1.82) is 0 Å². The summed E-state index contributed by atoms with van der Waals surface area (Å²) in [5.74, 6) is 0.560. The zero-order valence-electron chi connectivity index (χ0n) is 17.2. The Kier molecular flexibility index (Phi) is 5.03. The van der Waals surface area contributed by atoms with Crippen LogP contribution < -0.4 is 5.56 Å². The van der Waals surface area contributed by atoms with Gasteiger partial charge in [-0.3, -0.25) is 9.69 Å². The highest BCUT2D eigenvalue weighted by Crippen LogP contribution is 2.43. The zero-order valence-corrected chi connectivity index (χ0v) is 17.2. The lowest BCUT2D eigenvalue weighted by molar-refractivity contribution is 0.0816. The lowest BCUT2D eigenvalue weighted by Crippen LogP contribution is -2.49. The van der Waals surface area contributed by atoms with Gasteiger partial charge in [0.25, 0.3) is 5.56 Å². The Morgan fingerprint density at radius 3 is 2.87 bits per heavy atom. The van der Waals surface area contributed by atoms with E-state index in [1.165, 1.54) is 6.07 Å². The van der Waals surface area contributed by atoms with Gasteiger partial charge in [0.15, 0.2) is 0 Å². The third-order valence-electron chi connectivity index (χ3n) is 6.65. The van der Waals surface area contributed by atoms with Gasteiger partial charge in [0, 0.05) is 55.7 Å². The second-order valence-corrected chi connectivity index (χ2v) is 8.63. The molecule has 156 valence electrons. The number of piperidine rings is 1. The summed E-state index contributed by atoms with van der Waals surface area (Å²) in [5, 5.41) is 4.34. The molecule has 2 bridgehead atoms. The van der Waals surface area contributed by atoms with Crippen molar-refractivity contribution < 1.29 is 4.39 Å². The van der Waals surface area contributed by atoms with Gasteiger partial charge < -0.3 is 4.57 Å². The molecule has 3 aromatic rings. The molecule has 3 atom stereocenters. The number of nitrogens with zero attached hydrogens (tertiary/aromatic N) is 4. The SMILES string of the molecule is CCC[C@H]1[C@H]2C[C@H](CN(Cc3cc(F)ccc3-n3cccn3)C2)c2cccc(=O)n21. The third kappa shape index (κ3) is 3.39. The molecular weight excluding hydrogens is 379 g/mol. The van der Waals surface area contributed by atoms with Gasteiger partial charge in [-0.1, -0.05) is 19.4 Å². The summed E-state index contributed by atoms with van der Waals surface area (Å²) in [6, 6.07) is 12.7. The summed E-state index contributed by atoms with van der Waals surface area (Å²) >= 11 is 0. The van der Waals surface area contributed by atoms with Gasteiger partial charge in [-0.05, 0) is 54.7 Å². The number of hydrogen-bond donors (Lipinski definition) is 0. The van der Waals surface area contributed by atoms with Crippen molar-refractivity contribution >= 4 is 0 Å². The molecule has 0 spiro atoms. The molecule has 1 saturated heterocycles. The van der Waals surface area contributed by atoms with Crippen LogP contribution in [0.15, 0.2) is 59.7 Å². The molecule has 1 aromatic carbocycles. The Balaban J connectivity index is 1.47. The Morgan fingerprint density at radius 2 is 2.07 bits per heavy atom. The van der Waals surface area contributed by atoms with Crippen molar-refractivity contribution in [2.24, 2.45) is 5.92 Å². The first-order valence-corrected chi connectivity index (χ1v) is 10.9. The Bertz CT molecular complexity index is 1090. The van der Waals surface area contributed by atoms with Crippen LogP contribution in [0.3, 0.4) is 0 Å². The summed E-state index contributed by atoms with van der Waals surface area (Å²) < 4.78 is 18.0. The van der Waals surface area contributed by atoms with Gasteiger partial charge in [0.2, 0.25) is 0 Å². The molecule has 0 saturated carbocycles. The Morgan fingerprint density at radius 1 is 1.17 bits per heavy atom. The summed E-state index contributed by atoms with van der Waals surface area (Å²) in [7, 11) is 0. The van der Waals surface area contributed by atoms with Gasteiger partial charge in [-0.15, -0.1) is 0 Å². The van der Waals surface area contributed by atoms with Crippen LogP contribution in [0, 0.1) is 11.7 Å². The smallest absolute Gasteiger partial charge is 0.250 e. The fourth-order valence-electron chi connectivity index (χ4n) is 5.49. The fraction of sp³-hybridized carbons (Fsp3) is 0.417. The van der Waals surface area contributed by atoms with Crippen LogP contribution in [-0.4, -0.2) is 32.3 Å². The van der Waals surface area contributed by atoms with Crippen LogP contribution in [0.4, 0.5) is 4.39 Å². The van der Waals surface area contributed by atoms with Crippen LogP contribution >= 0.6 is 0 Å². The van der Waals surface area contributed by atoms with E-state index in [4.69, 9.17) is 0 Å². The van der Waals surface area contributed by atoms with E-state index in [1.54, 1.807) is 29.1 Å². The average Bonchev–Trinajstić information content (AvgIpc) is 3.26. The molecular formula is C24H27FN4O. The molecule has 2 aromatic heterocycles. The maximum absolute atomic E-state index is 14.1. The molecule has 0 amide bonds. The highest BCUT2D eigenvalue weighted by atomic mass is 19.1. The van der Waals surface area contributed by atoms with Crippen LogP contribution in [0.25, 0.3) is 5.69 Å². The number of benzene rings is 1. The molecule has 5 rings (SSSR count). The number of pyridine rings is 1. The molecule has 2 aliphatic rings. The van der Waals surface area contributed by atoms with Crippen LogP contribution in [0.5, 0.6) is 0 Å². The lowest BCUT2D eigenvalue weighted by atomic mass is 9.77. The topological polar surface area (TPSA) is 43.1 Å². The second-order valence-electron chi connectivity index (χ2n) is 8.63. The van der Waals surface area contributed by atoms with Gasteiger partial charge >= 0.3 is 0 Å². The monoisotopic (exact) mass is 406 g/mol. The van der Waals surface area contributed by atoms with Crippen LogP contribution in [0.1, 0.15) is 49.4 Å². The van der Waals surface area contributed by atoms with E-state index in [9.17, 15) is 9.18 Å². The summed E-state index contributed by atoms with van der Waals surface area (Å²) in [6.07, 6.45) is 6.82. The first-order chi connectivity index (χ1) is 14.6. The lowest BCUT2D eigenvalue weighted by Gasteiger charge is -2.47. The van der Waals surface area contributed by atoms with Crippen LogP contribution in [0.2, 0.25) is 0 Å². The number of rotatable bonds is 5. The molecule has 5 nitrogen and oxygen atoms in total. The molecule has 4 heterocycles. The normalized spacial score (nSPS) is 23.3. The molecule has 2 aliphatic heterocycles. The van der Waals surface area contributed by atoms with E-state index in [0.29, 0.717) is 18.4 Å². The Hall–Kier alpha value is -2.73. The van der Waals surface area contributed by atoms with Gasteiger partial charge in [-0.25, -0.2) is 9.07 Å². The molecule has 6 heteroatoms. The third-order valence-corrected chi connectivity index (χ3v) is 6.65. The van der Waals surface area contributed by atoms with E-state index in [2.05, 4.69) is 27.6 Å². The first-order valence-electron chi connectivity index (χ1n) is 10.9. The number of aromatic nitrogens is 3. The summed E-state index contributed by atoms with van der Waals surface area (Å²) in [5.41, 5.74) is 3.14. The van der Waals surface area contributed by atoms with Crippen LogP contribution in [-0.2, 0) is 6.54 Å². The maximum atomic E-state index is 14.1. The minimum absolute atomic E-state index is 0.125. The minimum atomic E-state index is -0.223. The fourth-order valence-corrected chi connectivity index (χ4v) is 5.49. The quantitative estimate of drug-likeness (QED) is 0.640. The van der Waals surface area contributed by atoms with Crippen molar-refractivity contribution in [1.82, 2.24) is 19.2 Å². The van der Waals surface area contributed by atoms with E-state index < -0.39 is 0 Å². The van der Waals surface area contributed by atoms with Gasteiger partial charge in [0.05, 0.1) is 5.69 Å². The molecule has 30 heavy (non-hydrogen) atoms. The maximum Gasteiger partial charge on any atom is 0.250 e. The first kappa shape index (κ1) is 19.2. The average molecular weight is 407 g/mol. The van der Waals surface area contributed by atoms with E-state index in [1.807, 2.05) is 18.3 Å². The highest BCUT2D eigenvalue weighted by Gasteiger charge is 2.40. The van der Waals surface area contributed by atoms with E-state index in [0.717, 1.165) is 49.3 Å². The van der Waals surface area contributed by atoms with E-state index in [-0.39, 0.29) is 17.4 Å². The molecule has 0 aliphatic carbocycles. The van der Waals surface area contributed by atoms with Crippen molar-refractivity contribution in [2.45, 2.75) is 44.7 Å². The number of hydrogen-bond acceptors (Lipinski definition) is 3. The Labute approximate surface area is 175 Å². The van der Waals surface area contributed by atoms with E-state index >= 15 is 0 Å². The minimum Gasteiger partial charge on any atom is -0.309 e. The summed E-state index contributed by atoms with van der Waals surface area (Å²) in [6.45, 7) is 4.67. The van der Waals surface area contributed by atoms with Crippen molar-refractivity contribution in [2.75, 3.05) is 13.1 Å². The highest BCUT2D eigenvalue weighted by molar-refractivity contribution is 5.40. The zero-order chi connectivity index (χ0) is 20.7. The molecule has 1 fully saturated rings. The van der Waals surface area contributed by atoms with Crippen molar-refractivity contribution in [3.8, 4) is 5.69 Å². The van der Waals surface area contributed by atoms with Gasteiger partial charge in [-0.2, -0.15) is 5.10 Å². The number of fused-ring (bicyclic) bond motifs is 4. The summed E-state index contributed by atoms with van der Waals surface area (Å²) in [4.78, 5) is 15.1. The largest absolute Gasteiger partial charge is 0.309 e. The standard InChI is InChI=1S/C24H27FN4O/c1-2-5-22-17-12-18(23-6-3-7-24(30)29(22)23)15-27(14-17)16-19-13-20(25)8-9-21(19)28-11-4-10-26-28/h3-4,6-11,13,17-18,22H,2,5,12,14-16H2,1H3/t17-,18+,22-/m0/s1. The molecule has 0 unspecified atom stereocenters. The molecule has 0 N–H and O–H groups in total. The predicted molar refractivity (Wildman–Crippen MR) is 114 cm³/mol. The molecule has 0 radical (unpaired) electrons. The van der Waals surface area contributed by atoms with Crippen molar-refractivity contribution in [3.05, 3.63) is 82.3 Å². The number of halogens is 1.